The highest BCUT2D eigenvalue weighted by Gasteiger charge is 2.13. The minimum atomic E-state index is -0.735. The van der Waals surface area contributed by atoms with Crippen LogP contribution in [0, 0.1) is 0 Å². The van der Waals surface area contributed by atoms with Crippen molar-refractivity contribution in [3.05, 3.63) is 29.8 Å². The Labute approximate surface area is 115 Å². The summed E-state index contributed by atoms with van der Waals surface area (Å²) in [5.41, 5.74) is 1.13. The number of para-hydroxylation sites is 1. The van der Waals surface area contributed by atoms with Gasteiger partial charge in [0.05, 0.1) is 7.11 Å². The number of rotatable bonds is 8. The SMILES string of the molecule is COc1ccccc1CN(CCCC(=O)O)C(C)C. The lowest BCUT2D eigenvalue weighted by Gasteiger charge is -2.27. The predicted octanol–water partition coefficient (Wildman–Crippen LogP) is 2.77. The topological polar surface area (TPSA) is 49.8 Å². The highest BCUT2D eigenvalue weighted by atomic mass is 16.5. The summed E-state index contributed by atoms with van der Waals surface area (Å²) < 4.78 is 5.35. The number of aliphatic carboxylic acids is 1. The maximum Gasteiger partial charge on any atom is 0.303 e. The van der Waals surface area contributed by atoms with Gasteiger partial charge in [-0.2, -0.15) is 0 Å². The molecule has 0 aliphatic carbocycles. The second-order valence-corrected chi connectivity index (χ2v) is 4.87. The molecule has 1 rings (SSSR count). The van der Waals surface area contributed by atoms with Gasteiger partial charge in [-0.1, -0.05) is 18.2 Å². The van der Waals surface area contributed by atoms with Crippen LogP contribution < -0.4 is 4.74 Å². The first-order valence-electron chi connectivity index (χ1n) is 6.62. The molecule has 0 saturated carbocycles. The average Bonchev–Trinajstić information content (AvgIpc) is 2.37. The number of nitrogens with zero attached hydrogens (tertiary/aromatic N) is 1. The van der Waals surface area contributed by atoms with Crippen molar-refractivity contribution in [1.29, 1.82) is 0 Å². The summed E-state index contributed by atoms with van der Waals surface area (Å²) >= 11 is 0. The van der Waals surface area contributed by atoms with Crippen LogP contribution in [0.2, 0.25) is 0 Å². The molecule has 0 aromatic heterocycles. The van der Waals surface area contributed by atoms with Gasteiger partial charge < -0.3 is 9.84 Å². The molecule has 1 N–H and O–H groups in total. The molecule has 4 nitrogen and oxygen atoms in total. The molecule has 19 heavy (non-hydrogen) atoms. The fraction of sp³-hybridized carbons (Fsp3) is 0.533. The van der Waals surface area contributed by atoms with E-state index in [9.17, 15) is 4.79 Å². The van der Waals surface area contributed by atoms with Crippen LogP contribution in [-0.2, 0) is 11.3 Å². The van der Waals surface area contributed by atoms with Crippen molar-refractivity contribution in [2.45, 2.75) is 39.3 Å². The van der Waals surface area contributed by atoms with Gasteiger partial charge in [-0.05, 0) is 32.9 Å². The molecule has 0 spiro atoms. The van der Waals surface area contributed by atoms with E-state index in [0.717, 1.165) is 24.4 Å². The van der Waals surface area contributed by atoms with Crippen LogP contribution in [0.5, 0.6) is 5.75 Å². The molecular formula is C15H23NO3. The Balaban J connectivity index is 2.64. The number of methoxy groups -OCH3 is 1. The third-order valence-electron chi connectivity index (χ3n) is 3.13. The van der Waals surface area contributed by atoms with E-state index in [-0.39, 0.29) is 6.42 Å². The van der Waals surface area contributed by atoms with Gasteiger partial charge in [0.2, 0.25) is 0 Å². The molecule has 0 amide bonds. The zero-order valence-corrected chi connectivity index (χ0v) is 11.9. The molecule has 106 valence electrons. The lowest BCUT2D eigenvalue weighted by atomic mass is 10.1. The second-order valence-electron chi connectivity index (χ2n) is 4.87. The largest absolute Gasteiger partial charge is 0.496 e. The van der Waals surface area contributed by atoms with E-state index in [4.69, 9.17) is 9.84 Å². The predicted molar refractivity (Wildman–Crippen MR) is 75.4 cm³/mol. The number of carboxylic acid groups (broad SMARTS) is 1. The van der Waals surface area contributed by atoms with Crippen LogP contribution in [-0.4, -0.2) is 35.7 Å². The van der Waals surface area contributed by atoms with Crippen molar-refractivity contribution in [3.8, 4) is 5.75 Å². The molecule has 1 aromatic carbocycles. The smallest absolute Gasteiger partial charge is 0.303 e. The first kappa shape index (κ1) is 15.5. The Morgan fingerprint density at radius 3 is 2.63 bits per heavy atom. The molecule has 0 heterocycles. The summed E-state index contributed by atoms with van der Waals surface area (Å²) in [6.07, 6.45) is 0.887. The summed E-state index contributed by atoms with van der Waals surface area (Å²) in [6.45, 7) is 5.80. The van der Waals surface area contributed by atoms with Gasteiger partial charge in [0.15, 0.2) is 0 Å². The number of ether oxygens (including phenoxy) is 1. The van der Waals surface area contributed by atoms with Crippen molar-refractivity contribution in [3.63, 3.8) is 0 Å². The molecule has 0 bridgehead atoms. The molecule has 0 unspecified atom stereocenters. The average molecular weight is 265 g/mol. The van der Waals surface area contributed by atoms with Gasteiger partial charge in [0.1, 0.15) is 5.75 Å². The monoisotopic (exact) mass is 265 g/mol. The van der Waals surface area contributed by atoms with Crippen molar-refractivity contribution < 1.29 is 14.6 Å². The fourth-order valence-electron chi connectivity index (χ4n) is 2.01. The van der Waals surface area contributed by atoms with Gasteiger partial charge in [0.25, 0.3) is 0 Å². The van der Waals surface area contributed by atoms with E-state index in [1.54, 1.807) is 7.11 Å². The number of benzene rings is 1. The van der Waals surface area contributed by atoms with Crippen LogP contribution in [0.4, 0.5) is 0 Å². The van der Waals surface area contributed by atoms with E-state index < -0.39 is 5.97 Å². The van der Waals surface area contributed by atoms with Gasteiger partial charge in [-0.25, -0.2) is 0 Å². The van der Waals surface area contributed by atoms with E-state index >= 15 is 0 Å². The molecule has 0 radical (unpaired) electrons. The maximum absolute atomic E-state index is 10.6. The van der Waals surface area contributed by atoms with Crippen LogP contribution in [0.25, 0.3) is 0 Å². The third kappa shape index (κ3) is 5.30. The lowest BCUT2D eigenvalue weighted by molar-refractivity contribution is -0.137. The summed E-state index contributed by atoms with van der Waals surface area (Å²) in [5, 5.41) is 8.70. The molecule has 1 aromatic rings. The minimum Gasteiger partial charge on any atom is -0.496 e. The van der Waals surface area contributed by atoms with Gasteiger partial charge in [-0.15, -0.1) is 0 Å². The van der Waals surface area contributed by atoms with Gasteiger partial charge in [0, 0.05) is 24.6 Å². The van der Waals surface area contributed by atoms with Crippen molar-refractivity contribution in [2.75, 3.05) is 13.7 Å². The quantitative estimate of drug-likeness (QED) is 0.785. The van der Waals surface area contributed by atoms with Crippen molar-refractivity contribution >= 4 is 5.97 Å². The van der Waals surface area contributed by atoms with Gasteiger partial charge >= 0.3 is 5.97 Å². The standard InChI is InChI=1S/C15H23NO3/c1-12(2)16(10-6-9-15(17)18)11-13-7-4-5-8-14(13)19-3/h4-5,7-8,12H,6,9-11H2,1-3H3,(H,17,18). The molecular weight excluding hydrogens is 242 g/mol. The number of carboxylic acids is 1. The van der Waals surface area contributed by atoms with Crippen molar-refractivity contribution in [2.24, 2.45) is 0 Å². The molecule has 0 atom stereocenters. The number of hydrogen-bond donors (Lipinski definition) is 1. The Kier molecular flexibility index (Phi) is 6.36. The summed E-state index contributed by atoms with van der Waals surface area (Å²) in [5.74, 6) is 0.146. The van der Waals surface area contributed by atoms with Crippen LogP contribution >= 0.6 is 0 Å². The first-order chi connectivity index (χ1) is 9.04. The van der Waals surface area contributed by atoms with E-state index in [2.05, 4.69) is 18.7 Å². The van der Waals surface area contributed by atoms with Gasteiger partial charge in [-0.3, -0.25) is 9.69 Å². The van der Waals surface area contributed by atoms with E-state index in [1.165, 1.54) is 0 Å². The molecule has 0 fully saturated rings. The molecule has 0 aliphatic rings. The lowest BCUT2D eigenvalue weighted by Crippen LogP contribution is -2.31. The Hall–Kier alpha value is -1.55. The number of carbonyl (C=O) groups is 1. The second kappa shape index (κ2) is 7.79. The zero-order valence-electron chi connectivity index (χ0n) is 11.9. The normalized spacial score (nSPS) is 11.0. The Morgan fingerprint density at radius 1 is 1.37 bits per heavy atom. The van der Waals surface area contributed by atoms with E-state index in [1.807, 2.05) is 24.3 Å². The maximum atomic E-state index is 10.6. The summed E-state index contributed by atoms with van der Waals surface area (Å²) in [6, 6.07) is 8.31. The summed E-state index contributed by atoms with van der Waals surface area (Å²) in [4.78, 5) is 12.8. The summed E-state index contributed by atoms with van der Waals surface area (Å²) in [7, 11) is 1.67. The van der Waals surface area contributed by atoms with Crippen LogP contribution in [0.15, 0.2) is 24.3 Å². The first-order valence-corrected chi connectivity index (χ1v) is 6.62. The van der Waals surface area contributed by atoms with Crippen molar-refractivity contribution in [1.82, 2.24) is 4.90 Å². The third-order valence-corrected chi connectivity index (χ3v) is 3.13. The number of hydrogen-bond acceptors (Lipinski definition) is 3. The Morgan fingerprint density at radius 2 is 2.05 bits per heavy atom. The van der Waals surface area contributed by atoms with E-state index in [0.29, 0.717) is 12.5 Å². The molecule has 0 aliphatic heterocycles. The highest BCUT2D eigenvalue weighted by molar-refractivity contribution is 5.66. The fourth-order valence-corrected chi connectivity index (χ4v) is 2.01. The molecule has 0 saturated heterocycles. The van der Waals surface area contributed by atoms with Crippen LogP contribution in [0.3, 0.4) is 0 Å². The Bertz CT molecular complexity index is 404. The zero-order chi connectivity index (χ0) is 14.3. The highest BCUT2D eigenvalue weighted by Crippen LogP contribution is 2.20. The molecule has 4 heteroatoms. The minimum absolute atomic E-state index is 0.217. The van der Waals surface area contributed by atoms with Crippen LogP contribution in [0.1, 0.15) is 32.3 Å².